The summed E-state index contributed by atoms with van der Waals surface area (Å²) in [7, 11) is 1.50. The molecule has 0 amide bonds. The highest BCUT2D eigenvalue weighted by molar-refractivity contribution is 5.78. The summed E-state index contributed by atoms with van der Waals surface area (Å²) < 4.78 is 1.27. The Morgan fingerprint density at radius 3 is 2.80 bits per heavy atom. The van der Waals surface area contributed by atoms with Gasteiger partial charge in [-0.05, 0) is 17.1 Å². The Morgan fingerprint density at radius 2 is 2.10 bits per heavy atom. The average molecular weight is 271 g/mol. The highest BCUT2D eigenvalue weighted by Gasteiger charge is 2.20. The zero-order valence-corrected chi connectivity index (χ0v) is 10.4. The van der Waals surface area contributed by atoms with Crippen LogP contribution in [-0.2, 0) is 7.05 Å². The van der Waals surface area contributed by atoms with Crippen molar-refractivity contribution in [2.75, 3.05) is 0 Å². The molecule has 0 aliphatic carbocycles. The summed E-state index contributed by atoms with van der Waals surface area (Å²) in [6, 6.07) is 6.86. The predicted octanol–water partition coefficient (Wildman–Crippen LogP) is 1.23. The third-order valence-corrected chi connectivity index (χ3v) is 2.98. The van der Waals surface area contributed by atoms with Crippen molar-refractivity contribution in [3.05, 3.63) is 50.9 Å². The van der Waals surface area contributed by atoms with Gasteiger partial charge in [-0.15, -0.1) is 0 Å². The van der Waals surface area contributed by atoms with Crippen LogP contribution in [0, 0.1) is 10.1 Å². The van der Waals surface area contributed by atoms with E-state index in [2.05, 4.69) is 15.0 Å². The van der Waals surface area contributed by atoms with Crippen LogP contribution in [-0.4, -0.2) is 24.4 Å². The number of hydrogen-bond acceptors (Lipinski definition) is 5. The maximum Gasteiger partial charge on any atom is 0.343 e. The van der Waals surface area contributed by atoms with Gasteiger partial charge in [0.2, 0.25) is 5.82 Å². The van der Waals surface area contributed by atoms with Gasteiger partial charge in [0.15, 0.2) is 0 Å². The molecule has 8 heteroatoms. The van der Waals surface area contributed by atoms with E-state index in [1.54, 1.807) is 24.3 Å². The molecule has 2 heterocycles. The van der Waals surface area contributed by atoms with Gasteiger partial charge >= 0.3 is 5.82 Å². The number of rotatable bonds is 2. The summed E-state index contributed by atoms with van der Waals surface area (Å²) in [5.41, 5.74) is 0.202. The van der Waals surface area contributed by atoms with Crippen LogP contribution in [0.3, 0.4) is 0 Å². The van der Waals surface area contributed by atoms with Crippen molar-refractivity contribution < 1.29 is 4.92 Å². The Morgan fingerprint density at radius 1 is 1.35 bits per heavy atom. The molecule has 3 rings (SSSR count). The Balaban J connectivity index is 2.25. The summed E-state index contributed by atoms with van der Waals surface area (Å²) in [5, 5.41) is 11.3. The minimum absolute atomic E-state index is 0.171. The Labute approximate surface area is 111 Å². The van der Waals surface area contributed by atoms with Gasteiger partial charge in [-0.3, -0.25) is 4.79 Å². The van der Waals surface area contributed by atoms with E-state index in [1.807, 2.05) is 0 Å². The second-order valence-corrected chi connectivity index (χ2v) is 4.19. The number of nitrogens with zero attached hydrogens (tertiary/aromatic N) is 4. The van der Waals surface area contributed by atoms with Crippen molar-refractivity contribution in [3.8, 4) is 11.6 Å². The molecule has 0 radical (unpaired) electrons. The van der Waals surface area contributed by atoms with Gasteiger partial charge < -0.3 is 15.1 Å². The largest absolute Gasteiger partial charge is 0.358 e. The van der Waals surface area contributed by atoms with E-state index in [1.165, 1.54) is 11.6 Å². The lowest BCUT2D eigenvalue weighted by molar-refractivity contribution is -0.391. The SMILES string of the molecule is Cn1c([N+](=O)[O-])cnc1-c1nc2ccccc2c(=O)[nH]1. The average Bonchev–Trinajstić information content (AvgIpc) is 2.80. The lowest BCUT2D eigenvalue weighted by Gasteiger charge is -2.00. The van der Waals surface area contributed by atoms with Gasteiger partial charge in [-0.2, -0.15) is 0 Å². The number of H-pyrrole nitrogens is 1. The van der Waals surface area contributed by atoms with Gasteiger partial charge in [-0.1, -0.05) is 12.1 Å². The molecule has 8 nitrogen and oxygen atoms in total. The molecule has 0 bridgehead atoms. The quantitative estimate of drug-likeness (QED) is 0.557. The number of hydrogen-bond donors (Lipinski definition) is 1. The minimum atomic E-state index is -0.546. The molecule has 0 saturated heterocycles. The summed E-state index contributed by atoms with van der Waals surface area (Å²) in [5.74, 6) is 0.264. The first-order valence-electron chi connectivity index (χ1n) is 5.73. The smallest absolute Gasteiger partial charge is 0.343 e. The second kappa shape index (κ2) is 4.26. The molecule has 0 unspecified atom stereocenters. The first-order valence-corrected chi connectivity index (χ1v) is 5.73. The van der Waals surface area contributed by atoms with Crippen LogP contribution in [0.4, 0.5) is 5.82 Å². The van der Waals surface area contributed by atoms with Gasteiger partial charge in [-0.25, -0.2) is 14.5 Å². The number of fused-ring (bicyclic) bond motifs is 1. The van der Waals surface area contributed by atoms with Crippen molar-refractivity contribution in [2.45, 2.75) is 0 Å². The van der Waals surface area contributed by atoms with Crippen LogP contribution in [0.25, 0.3) is 22.6 Å². The fourth-order valence-electron chi connectivity index (χ4n) is 1.98. The van der Waals surface area contributed by atoms with E-state index in [0.29, 0.717) is 10.9 Å². The summed E-state index contributed by atoms with van der Waals surface area (Å²) in [4.78, 5) is 33.0. The van der Waals surface area contributed by atoms with Crippen molar-refractivity contribution in [1.82, 2.24) is 19.5 Å². The monoisotopic (exact) mass is 271 g/mol. The normalized spacial score (nSPS) is 10.8. The zero-order valence-electron chi connectivity index (χ0n) is 10.4. The molecule has 0 atom stereocenters. The number of aromatic amines is 1. The number of para-hydroxylation sites is 1. The molecular formula is C12H9N5O3. The number of nitrogens with one attached hydrogen (secondary N) is 1. The van der Waals surface area contributed by atoms with Crippen LogP contribution in [0.15, 0.2) is 35.3 Å². The molecule has 0 aliphatic heterocycles. The Bertz CT molecular complexity index is 880. The molecule has 0 spiro atoms. The maximum atomic E-state index is 12.0. The van der Waals surface area contributed by atoms with E-state index >= 15 is 0 Å². The molecule has 100 valence electrons. The van der Waals surface area contributed by atoms with E-state index in [-0.39, 0.29) is 23.0 Å². The Hall–Kier alpha value is -3.03. The molecule has 0 fully saturated rings. The molecule has 2 aromatic heterocycles. The standard InChI is InChI=1S/C12H9N5O3/c1-16-9(17(19)20)6-13-11(16)10-14-8-5-3-2-4-7(8)12(18)15-10/h2-6H,1H3,(H,14,15,18). The predicted molar refractivity (Wildman–Crippen MR) is 71.2 cm³/mol. The number of nitro groups is 1. The highest BCUT2D eigenvalue weighted by atomic mass is 16.6. The minimum Gasteiger partial charge on any atom is -0.358 e. The topological polar surface area (TPSA) is 107 Å². The van der Waals surface area contributed by atoms with Gasteiger partial charge in [0.1, 0.15) is 6.20 Å². The summed E-state index contributed by atoms with van der Waals surface area (Å²) >= 11 is 0. The van der Waals surface area contributed by atoms with Crippen molar-refractivity contribution in [3.63, 3.8) is 0 Å². The number of aromatic nitrogens is 4. The molecule has 1 aromatic carbocycles. The van der Waals surface area contributed by atoms with Gasteiger partial charge in [0.25, 0.3) is 11.4 Å². The highest BCUT2D eigenvalue weighted by Crippen LogP contribution is 2.19. The lowest BCUT2D eigenvalue weighted by atomic mass is 10.2. The molecule has 0 saturated carbocycles. The van der Waals surface area contributed by atoms with Crippen LogP contribution in [0.2, 0.25) is 0 Å². The fourth-order valence-corrected chi connectivity index (χ4v) is 1.98. The second-order valence-electron chi connectivity index (χ2n) is 4.19. The first-order chi connectivity index (χ1) is 9.58. The zero-order chi connectivity index (χ0) is 14.3. The molecule has 3 aromatic rings. The first kappa shape index (κ1) is 12.0. The fraction of sp³-hybridized carbons (Fsp3) is 0.0833. The third kappa shape index (κ3) is 1.74. The molecule has 20 heavy (non-hydrogen) atoms. The van der Waals surface area contributed by atoms with E-state index < -0.39 is 4.92 Å². The molecule has 1 N–H and O–H groups in total. The van der Waals surface area contributed by atoms with Crippen LogP contribution in [0.5, 0.6) is 0 Å². The number of imidazole rings is 1. The van der Waals surface area contributed by atoms with E-state index in [4.69, 9.17) is 0 Å². The maximum absolute atomic E-state index is 12.0. The van der Waals surface area contributed by atoms with Crippen molar-refractivity contribution >= 4 is 16.7 Å². The summed E-state index contributed by atoms with van der Waals surface area (Å²) in [6.45, 7) is 0. The van der Waals surface area contributed by atoms with Crippen LogP contribution < -0.4 is 5.56 Å². The molecule has 0 aliphatic rings. The Kier molecular flexibility index (Phi) is 2.56. The van der Waals surface area contributed by atoms with Gasteiger partial charge in [0, 0.05) is 0 Å². The number of benzene rings is 1. The van der Waals surface area contributed by atoms with Crippen molar-refractivity contribution in [2.24, 2.45) is 7.05 Å². The van der Waals surface area contributed by atoms with Crippen LogP contribution in [0.1, 0.15) is 0 Å². The molecular weight excluding hydrogens is 262 g/mol. The van der Waals surface area contributed by atoms with Gasteiger partial charge in [0.05, 0.1) is 18.0 Å². The lowest BCUT2D eigenvalue weighted by Crippen LogP contribution is -2.11. The van der Waals surface area contributed by atoms with E-state index in [0.717, 1.165) is 6.20 Å². The third-order valence-electron chi connectivity index (χ3n) is 2.98. The van der Waals surface area contributed by atoms with E-state index in [9.17, 15) is 14.9 Å². The van der Waals surface area contributed by atoms with Crippen LogP contribution >= 0.6 is 0 Å². The van der Waals surface area contributed by atoms with Crippen molar-refractivity contribution in [1.29, 1.82) is 0 Å². The summed E-state index contributed by atoms with van der Waals surface area (Å²) in [6.07, 6.45) is 1.13.